The fourth-order valence-corrected chi connectivity index (χ4v) is 2.17. The first-order valence-electron chi connectivity index (χ1n) is 5.56. The van der Waals surface area contributed by atoms with Gasteiger partial charge in [-0.05, 0) is 30.3 Å². The molecule has 0 aliphatic rings. The van der Waals surface area contributed by atoms with E-state index in [0.29, 0.717) is 16.1 Å². The van der Waals surface area contributed by atoms with Crippen molar-refractivity contribution in [2.45, 2.75) is 0 Å². The minimum atomic E-state index is -1.56. The van der Waals surface area contributed by atoms with Crippen molar-refractivity contribution in [2.75, 3.05) is 5.73 Å². The molecule has 2 N–H and O–H groups in total. The van der Waals surface area contributed by atoms with Crippen LogP contribution < -0.4 is 5.73 Å². The second-order valence-corrected chi connectivity index (χ2v) is 4.57. The number of fused-ring (bicyclic) bond motifs is 1. The number of imidazole rings is 1. The second kappa shape index (κ2) is 4.42. The average Bonchev–Trinajstić information content (AvgIpc) is 2.72. The highest BCUT2D eigenvalue weighted by Gasteiger charge is 2.18. The number of benzene rings is 2. The average molecular weight is 298 g/mol. The van der Waals surface area contributed by atoms with Crippen LogP contribution in [-0.4, -0.2) is 9.55 Å². The molecule has 0 atom stereocenters. The van der Waals surface area contributed by atoms with Crippen LogP contribution in [0.25, 0.3) is 16.7 Å². The molecule has 1 aromatic heterocycles. The van der Waals surface area contributed by atoms with Crippen molar-refractivity contribution in [3.63, 3.8) is 0 Å². The Balaban J connectivity index is 2.37. The first-order chi connectivity index (χ1) is 9.49. The van der Waals surface area contributed by atoms with Crippen LogP contribution >= 0.6 is 11.6 Å². The van der Waals surface area contributed by atoms with E-state index in [1.54, 1.807) is 12.1 Å². The lowest BCUT2D eigenvalue weighted by Crippen LogP contribution is -2.05. The third-order valence-electron chi connectivity index (χ3n) is 2.90. The Hall–Kier alpha value is -2.21. The molecule has 3 nitrogen and oxygen atoms in total. The number of rotatable bonds is 1. The number of halogens is 4. The largest absolute Gasteiger partial charge is 0.369 e. The summed E-state index contributed by atoms with van der Waals surface area (Å²) in [4.78, 5) is 4.02. The van der Waals surface area contributed by atoms with Gasteiger partial charge in [0.25, 0.3) is 0 Å². The molecule has 1 heterocycles. The van der Waals surface area contributed by atoms with Crippen LogP contribution in [0.3, 0.4) is 0 Å². The smallest absolute Gasteiger partial charge is 0.206 e. The molecule has 0 spiro atoms. The first kappa shape index (κ1) is 12.8. The van der Waals surface area contributed by atoms with Crippen LogP contribution in [0.2, 0.25) is 5.02 Å². The molecule has 0 fully saturated rings. The molecule has 0 bridgehead atoms. The molecule has 0 aliphatic heterocycles. The van der Waals surface area contributed by atoms with Crippen molar-refractivity contribution < 1.29 is 13.2 Å². The fraction of sp³-hybridized carbons (Fsp3) is 0. The zero-order valence-corrected chi connectivity index (χ0v) is 10.6. The van der Waals surface area contributed by atoms with Crippen molar-refractivity contribution in [1.82, 2.24) is 9.55 Å². The molecule has 0 amide bonds. The van der Waals surface area contributed by atoms with E-state index in [0.717, 1.165) is 12.1 Å². The maximum atomic E-state index is 13.9. The fourth-order valence-electron chi connectivity index (χ4n) is 2.01. The molecule has 0 aliphatic carbocycles. The zero-order chi connectivity index (χ0) is 14.4. The van der Waals surface area contributed by atoms with E-state index in [1.807, 2.05) is 0 Å². The molecule has 2 aromatic carbocycles. The van der Waals surface area contributed by atoms with Gasteiger partial charge < -0.3 is 5.73 Å². The lowest BCUT2D eigenvalue weighted by atomic mass is 10.2. The molecule has 7 heteroatoms. The third kappa shape index (κ3) is 1.80. The summed E-state index contributed by atoms with van der Waals surface area (Å²) in [5, 5.41) is 0.390. The number of nitrogens with two attached hydrogens (primary N) is 1. The molecule has 0 unspecified atom stereocenters. The SMILES string of the molecule is Nc1nc2ccc(Cl)cc2n1-c1ccc(F)c(F)c1F. The number of anilines is 1. The highest BCUT2D eigenvalue weighted by atomic mass is 35.5. The quantitative estimate of drug-likeness (QED) is 0.696. The van der Waals surface area contributed by atoms with E-state index in [1.165, 1.54) is 10.6 Å². The van der Waals surface area contributed by atoms with Gasteiger partial charge in [0.05, 0.1) is 16.7 Å². The summed E-state index contributed by atoms with van der Waals surface area (Å²) in [5.41, 5.74) is 6.36. The van der Waals surface area contributed by atoms with Crippen LogP contribution in [0.1, 0.15) is 0 Å². The molecule has 3 rings (SSSR count). The van der Waals surface area contributed by atoms with Crippen molar-refractivity contribution in [1.29, 1.82) is 0 Å². The van der Waals surface area contributed by atoms with Gasteiger partial charge in [-0.2, -0.15) is 0 Å². The van der Waals surface area contributed by atoms with E-state index in [9.17, 15) is 13.2 Å². The Kier molecular flexibility index (Phi) is 2.83. The van der Waals surface area contributed by atoms with Crippen molar-refractivity contribution in [3.05, 3.63) is 52.8 Å². The lowest BCUT2D eigenvalue weighted by Gasteiger charge is -2.08. The van der Waals surface area contributed by atoms with Crippen LogP contribution in [0.15, 0.2) is 30.3 Å². The van der Waals surface area contributed by atoms with E-state index in [2.05, 4.69) is 4.98 Å². The van der Waals surface area contributed by atoms with E-state index >= 15 is 0 Å². The standard InChI is InChI=1S/C13H7ClF3N3/c14-6-1-3-8-10(5-6)20(13(18)19-8)9-4-2-7(15)11(16)12(9)17/h1-5H,(H2,18,19). The van der Waals surface area contributed by atoms with Gasteiger partial charge in [0.15, 0.2) is 17.5 Å². The van der Waals surface area contributed by atoms with Gasteiger partial charge in [-0.25, -0.2) is 18.2 Å². The number of nitrogen functional groups attached to an aromatic ring is 1. The van der Waals surface area contributed by atoms with Gasteiger partial charge in [0, 0.05) is 5.02 Å². The topological polar surface area (TPSA) is 43.8 Å². The highest BCUT2D eigenvalue weighted by Crippen LogP contribution is 2.28. The first-order valence-corrected chi connectivity index (χ1v) is 5.94. The predicted molar refractivity (Wildman–Crippen MR) is 70.4 cm³/mol. The van der Waals surface area contributed by atoms with Gasteiger partial charge in [-0.15, -0.1) is 0 Å². The minimum absolute atomic E-state index is 0.0489. The third-order valence-corrected chi connectivity index (χ3v) is 3.13. The summed E-state index contributed by atoms with van der Waals surface area (Å²) in [7, 11) is 0. The summed E-state index contributed by atoms with van der Waals surface area (Å²) >= 11 is 5.87. The van der Waals surface area contributed by atoms with Crippen LogP contribution in [0.4, 0.5) is 19.1 Å². The normalized spacial score (nSPS) is 11.2. The van der Waals surface area contributed by atoms with E-state index in [4.69, 9.17) is 17.3 Å². The summed E-state index contributed by atoms with van der Waals surface area (Å²) in [6, 6.07) is 6.63. The Bertz CT molecular complexity index is 829. The van der Waals surface area contributed by atoms with Gasteiger partial charge in [0.2, 0.25) is 5.95 Å². The number of hydrogen-bond donors (Lipinski definition) is 1. The number of aromatic nitrogens is 2. The van der Waals surface area contributed by atoms with E-state index < -0.39 is 17.5 Å². The molecule has 0 saturated carbocycles. The van der Waals surface area contributed by atoms with Gasteiger partial charge in [-0.1, -0.05) is 11.6 Å². The highest BCUT2D eigenvalue weighted by molar-refractivity contribution is 6.31. The van der Waals surface area contributed by atoms with Crippen LogP contribution in [-0.2, 0) is 0 Å². The van der Waals surface area contributed by atoms with Gasteiger partial charge in [-0.3, -0.25) is 4.57 Å². The predicted octanol–water partition coefficient (Wildman–Crippen LogP) is 3.68. The molecule has 3 aromatic rings. The van der Waals surface area contributed by atoms with Gasteiger partial charge >= 0.3 is 0 Å². The summed E-state index contributed by atoms with van der Waals surface area (Å²) < 4.78 is 41.4. The van der Waals surface area contributed by atoms with Crippen LogP contribution in [0.5, 0.6) is 0 Å². The summed E-state index contributed by atoms with van der Waals surface area (Å²) in [5.74, 6) is -4.22. The van der Waals surface area contributed by atoms with E-state index in [-0.39, 0.29) is 11.6 Å². The number of hydrogen-bond acceptors (Lipinski definition) is 2. The Labute approximate surface area is 116 Å². The molecule has 102 valence electrons. The molecular weight excluding hydrogens is 291 g/mol. The maximum absolute atomic E-state index is 13.9. The number of nitrogens with zero attached hydrogens (tertiary/aromatic N) is 2. The van der Waals surface area contributed by atoms with Gasteiger partial charge in [0.1, 0.15) is 0 Å². The zero-order valence-electron chi connectivity index (χ0n) is 9.87. The molecule has 20 heavy (non-hydrogen) atoms. The Morgan fingerprint density at radius 3 is 2.55 bits per heavy atom. The van der Waals surface area contributed by atoms with Crippen molar-refractivity contribution in [2.24, 2.45) is 0 Å². The van der Waals surface area contributed by atoms with Crippen LogP contribution in [0, 0.1) is 17.5 Å². The minimum Gasteiger partial charge on any atom is -0.369 e. The van der Waals surface area contributed by atoms with Crippen molar-refractivity contribution in [3.8, 4) is 5.69 Å². The van der Waals surface area contributed by atoms with Crippen molar-refractivity contribution >= 4 is 28.6 Å². The lowest BCUT2D eigenvalue weighted by molar-refractivity contribution is 0.445. The molecule has 0 saturated heterocycles. The Morgan fingerprint density at radius 1 is 1.05 bits per heavy atom. The molecule has 0 radical (unpaired) electrons. The monoisotopic (exact) mass is 297 g/mol. The maximum Gasteiger partial charge on any atom is 0.206 e. The summed E-state index contributed by atoms with van der Waals surface area (Å²) in [6.45, 7) is 0. The Morgan fingerprint density at radius 2 is 1.80 bits per heavy atom. The second-order valence-electron chi connectivity index (χ2n) is 4.13. The molecular formula is C13H7ClF3N3. The summed E-state index contributed by atoms with van der Waals surface area (Å²) in [6.07, 6.45) is 0.